The second kappa shape index (κ2) is 5.48. The van der Waals surface area contributed by atoms with Gasteiger partial charge in [-0.1, -0.05) is 24.3 Å². The molecular formula is C17H23BN2O3. The number of nitrogens with zero attached hydrogens (tertiary/aromatic N) is 2. The number of imidazole rings is 1. The molecule has 3 rings (SSSR count). The smallest absolute Gasteiger partial charge is 0.399 e. The molecule has 122 valence electrons. The highest BCUT2D eigenvalue weighted by atomic mass is 16.7. The molecule has 1 fully saturated rings. The van der Waals surface area contributed by atoms with Crippen molar-refractivity contribution in [2.24, 2.45) is 7.05 Å². The van der Waals surface area contributed by atoms with Gasteiger partial charge in [-0.25, -0.2) is 4.98 Å². The monoisotopic (exact) mass is 314 g/mol. The van der Waals surface area contributed by atoms with Gasteiger partial charge in [0.15, 0.2) is 0 Å². The SMILES string of the molecule is Cn1ccnc1C(O)c1ccc(B2OC(C)(C)C(C)(C)O2)cc1. The minimum Gasteiger partial charge on any atom is -0.399 e. The van der Waals surface area contributed by atoms with E-state index in [9.17, 15) is 5.11 Å². The maximum absolute atomic E-state index is 10.4. The number of hydrogen-bond acceptors (Lipinski definition) is 4. The summed E-state index contributed by atoms with van der Waals surface area (Å²) in [5.74, 6) is 0.619. The van der Waals surface area contributed by atoms with Gasteiger partial charge in [0.1, 0.15) is 11.9 Å². The van der Waals surface area contributed by atoms with Crippen molar-refractivity contribution in [3.05, 3.63) is 48.0 Å². The second-order valence-corrected chi connectivity index (χ2v) is 7.05. The van der Waals surface area contributed by atoms with Gasteiger partial charge in [0.05, 0.1) is 11.2 Å². The second-order valence-electron chi connectivity index (χ2n) is 7.05. The molecule has 2 aromatic rings. The molecule has 5 nitrogen and oxygen atoms in total. The lowest BCUT2D eigenvalue weighted by atomic mass is 9.78. The molecule has 1 unspecified atom stereocenters. The van der Waals surface area contributed by atoms with E-state index < -0.39 is 6.10 Å². The topological polar surface area (TPSA) is 56.5 Å². The molecule has 1 aromatic carbocycles. The average molecular weight is 314 g/mol. The fourth-order valence-electron chi connectivity index (χ4n) is 2.60. The van der Waals surface area contributed by atoms with Gasteiger partial charge in [0.2, 0.25) is 0 Å². The predicted octanol–water partition coefficient (Wildman–Crippen LogP) is 1.80. The van der Waals surface area contributed by atoms with E-state index in [2.05, 4.69) is 4.98 Å². The molecular weight excluding hydrogens is 291 g/mol. The van der Waals surface area contributed by atoms with E-state index in [0.29, 0.717) is 5.82 Å². The third-order valence-electron chi connectivity index (χ3n) is 4.88. The van der Waals surface area contributed by atoms with Crippen LogP contribution in [0.5, 0.6) is 0 Å². The van der Waals surface area contributed by atoms with E-state index in [0.717, 1.165) is 11.0 Å². The van der Waals surface area contributed by atoms with Crippen molar-refractivity contribution in [1.82, 2.24) is 9.55 Å². The third kappa shape index (κ3) is 2.82. The molecule has 1 aromatic heterocycles. The molecule has 1 aliphatic heterocycles. The van der Waals surface area contributed by atoms with Gasteiger partial charge in [-0.3, -0.25) is 0 Å². The molecule has 6 heteroatoms. The molecule has 0 aliphatic carbocycles. The number of aliphatic hydroxyl groups excluding tert-OH is 1. The molecule has 0 amide bonds. The summed E-state index contributed by atoms with van der Waals surface area (Å²) in [6.07, 6.45) is 2.75. The Kier molecular flexibility index (Phi) is 3.87. The Morgan fingerprint density at radius 3 is 2.13 bits per heavy atom. The Morgan fingerprint density at radius 2 is 1.65 bits per heavy atom. The van der Waals surface area contributed by atoms with Crippen molar-refractivity contribution in [3.63, 3.8) is 0 Å². The summed E-state index contributed by atoms with van der Waals surface area (Å²) in [5.41, 5.74) is 1.02. The van der Waals surface area contributed by atoms with Crippen LogP contribution >= 0.6 is 0 Å². The van der Waals surface area contributed by atoms with Crippen LogP contribution in [0.1, 0.15) is 45.2 Å². The van der Waals surface area contributed by atoms with Gasteiger partial charge >= 0.3 is 7.12 Å². The number of aromatic nitrogens is 2. The fourth-order valence-corrected chi connectivity index (χ4v) is 2.60. The highest BCUT2D eigenvalue weighted by molar-refractivity contribution is 6.62. The Balaban J connectivity index is 1.80. The first kappa shape index (κ1) is 16.2. The standard InChI is InChI=1S/C17H23BN2O3/c1-16(2)17(3,4)23-18(22-16)13-8-6-12(7-9-13)14(21)15-19-10-11-20(15)5/h6-11,14,21H,1-5H3. The molecule has 23 heavy (non-hydrogen) atoms. The van der Waals surface area contributed by atoms with Crippen LogP contribution in [0.15, 0.2) is 36.7 Å². The molecule has 1 saturated heterocycles. The van der Waals surface area contributed by atoms with E-state index >= 15 is 0 Å². The largest absolute Gasteiger partial charge is 0.494 e. The molecule has 0 spiro atoms. The first-order valence-corrected chi connectivity index (χ1v) is 7.82. The van der Waals surface area contributed by atoms with Crippen LogP contribution in [0.3, 0.4) is 0 Å². The average Bonchev–Trinajstić information content (AvgIpc) is 2.99. The van der Waals surface area contributed by atoms with Crippen LogP contribution in [0.2, 0.25) is 0 Å². The maximum Gasteiger partial charge on any atom is 0.494 e. The van der Waals surface area contributed by atoms with Crippen molar-refractivity contribution < 1.29 is 14.4 Å². The molecule has 1 aliphatic rings. The van der Waals surface area contributed by atoms with E-state index in [-0.39, 0.29) is 18.3 Å². The van der Waals surface area contributed by atoms with Crippen molar-refractivity contribution in [2.45, 2.75) is 45.0 Å². The van der Waals surface area contributed by atoms with E-state index in [1.165, 1.54) is 0 Å². The van der Waals surface area contributed by atoms with Gasteiger partial charge in [-0.2, -0.15) is 0 Å². The minimum atomic E-state index is -0.748. The van der Waals surface area contributed by atoms with Crippen molar-refractivity contribution in [2.75, 3.05) is 0 Å². The van der Waals surface area contributed by atoms with Crippen LogP contribution in [-0.2, 0) is 16.4 Å². The molecule has 0 saturated carbocycles. The van der Waals surface area contributed by atoms with Gasteiger partial charge < -0.3 is 19.0 Å². The number of hydrogen-bond donors (Lipinski definition) is 1. The summed E-state index contributed by atoms with van der Waals surface area (Å²) in [5, 5.41) is 10.4. The van der Waals surface area contributed by atoms with Crippen LogP contribution in [-0.4, -0.2) is 33.0 Å². The molecule has 0 radical (unpaired) electrons. The van der Waals surface area contributed by atoms with E-state index in [1.54, 1.807) is 6.20 Å². The van der Waals surface area contributed by atoms with E-state index in [1.807, 2.05) is 69.8 Å². The predicted molar refractivity (Wildman–Crippen MR) is 89.4 cm³/mol. The summed E-state index contributed by atoms with van der Waals surface area (Å²) in [4.78, 5) is 4.19. The zero-order valence-electron chi connectivity index (χ0n) is 14.3. The summed E-state index contributed by atoms with van der Waals surface area (Å²) < 4.78 is 13.9. The normalized spacial score (nSPS) is 20.7. The van der Waals surface area contributed by atoms with Crippen molar-refractivity contribution >= 4 is 12.6 Å². The first-order chi connectivity index (χ1) is 10.7. The lowest BCUT2D eigenvalue weighted by molar-refractivity contribution is 0.00578. The lowest BCUT2D eigenvalue weighted by Crippen LogP contribution is -2.41. The molecule has 2 heterocycles. The Hall–Kier alpha value is -1.63. The zero-order valence-corrected chi connectivity index (χ0v) is 14.3. The van der Waals surface area contributed by atoms with Crippen molar-refractivity contribution in [3.8, 4) is 0 Å². The molecule has 1 N–H and O–H groups in total. The first-order valence-electron chi connectivity index (χ1n) is 7.82. The van der Waals surface area contributed by atoms with Gasteiger partial charge in [0, 0.05) is 19.4 Å². The van der Waals surface area contributed by atoms with Crippen LogP contribution in [0.4, 0.5) is 0 Å². The quantitative estimate of drug-likeness (QED) is 0.878. The number of aliphatic hydroxyl groups is 1. The Morgan fingerprint density at radius 1 is 1.09 bits per heavy atom. The summed E-state index contributed by atoms with van der Waals surface area (Å²) in [6, 6.07) is 7.65. The van der Waals surface area contributed by atoms with Crippen LogP contribution in [0, 0.1) is 0 Å². The number of rotatable bonds is 3. The minimum absolute atomic E-state index is 0.358. The highest BCUT2D eigenvalue weighted by Gasteiger charge is 2.51. The zero-order chi connectivity index (χ0) is 16.8. The summed E-state index contributed by atoms with van der Waals surface area (Å²) >= 11 is 0. The summed E-state index contributed by atoms with van der Waals surface area (Å²) in [6.45, 7) is 8.14. The van der Waals surface area contributed by atoms with Crippen LogP contribution in [0.25, 0.3) is 0 Å². The van der Waals surface area contributed by atoms with E-state index in [4.69, 9.17) is 9.31 Å². The molecule has 0 bridgehead atoms. The van der Waals surface area contributed by atoms with Gasteiger partial charge in [-0.05, 0) is 38.7 Å². The third-order valence-corrected chi connectivity index (χ3v) is 4.88. The van der Waals surface area contributed by atoms with Gasteiger partial charge in [-0.15, -0.1) is 0 Å². The fraction of sp³-hybridized carbons (Fsp3) is 0.471. The Labute approximate surface area is 137 Å². The maximum atomic E-state index is 10.4. The molecule has 1 atom stereocenters. The number of aryl methyl sites for hydroxylation is 1. The van der Waals surface area contributed by atoms with Gasteiger partial charge in [0.25, 0.3) is 0 Å². The summed E-state index contributed by atoms with van der Waals surface area (Å²) in [7, 11) is 1.48. The highest BCUT2D eigenvalue weighted by Crippen LogP contribution is 2.36. The lowest BCUT2D eigenvalue weighted by Gasteiger charge is -2.32. The number of benzene rings is 1. The van der Waals surface area contributed by atoms with Crippen LogP contribution < -0.4 is 5.46 Å². The van der Waals surface area contributed by atoms with Crippen molar-refractivity contribution in [1.29, 1.82) is 0 Å². The Bertz CT molecular complexity index is 678.